The van der Waals surface area contributed by atoms with E-state index in [4.69, 9.17) is 27.3 Å². The average molecular weight is 832 g/mol. The molecule has 8 rings (SSSR count). The molecule has 0 aliphatic carbocycles. The zero-order valence-electron chi connectivity index (χ0n) is 39.6. The van der Waals surface area contributed by atoms with Crippen molar-refractivity contribution >= 4 is 74.9 Å². The van der Waals surface area contributed by atoms with E-state index in [-0.39, 0.29) is 41.5 Å². The molecular weight excluding hydrogens is 781 g/mol. The second kappa shape index (κ2) is 17.1. The fraction of sp³-hybridized carbons (Fsp3) is 0.357. The van der Waals surface area contributed by atoms with Crippen molar-refractivity contribution in [1.82, 2.24) is 30.0 Å². The molecule has 5 amide bonds. The normalized spacial score (nSPS) is 24.8. The number of amides is 5. The minimum absolute atomic E-state index is 0.0778. The van der Waals surface area contributed by atoms with Gasteiger partial charge >= 0.3 is 0 Å². The number of fused-ring (bicyclic) bond motifs is 2. The number of hydrogen-bond acceptors (Lipinski definition) is 12. The van der Waals surface area contributed by atoms with Crippen molar-refractivity contribution < 1.29 is 44.1 Å². The molecule has 1 atom stereocenters. The van der Waals surface area contributed by atoms with Crippen LogP contribution in [0.1, 0.15) is 57.4 Å². The van der Waals surface area contributed by atoms with E-state index in [1.807, 2.05) is 4.90 Å². The molecule has 4 aromatic rings. The number of methoxy groups -OCH3 is 1. The van der Waals surface area contributed by atoms with Crippen LogP contribution >= 0.6 is 11.6 Å². The number of nitrogens with zero attached hydrogens (tertiary/aromatic N) is 6. The van der Waals surface area contributed by atoms with Gasteiger partial charge in [-0.1, -0.05) is 17.7 Å². The summed E-state index contributed by atoms with van der Waals surface area (Å²) in [5, 5.41) is 8.44. The summed E-state index contributed by atoms with van der Waals surface area (Å²) in [4.78, 5) is 76.4. The lowest BCUT2D eigenvalue weighted by molar-refractivity contribution is -0.136. The number of anilines is 4. The molecule has 3 N–H and O–H groups in total. The van der Waals surface area contributed by atoms with Gasteiger partial charge in [0.25, 0.3) is 11.8 Å². The van der Waals surface area contributed by atoms with Crippen molar-refractivity contribution in [2.24, 2.45) is 5.92 Å². The Hall–Kier alpha value is -5.97. The van der Waals surface area contributed by atoms with Crippen molar-refractivity contribution in [3.8, 4) is 5.75 Å². The monoisotopic (exact) mass is 831 g/mol. The smallest absolute Gasteiger partial charge is 0.262 e. The first-order valence-corrected chi connectivity index (χ1v) is 19.1. The number of likely N-dealkylation sites (tertiary alicyclic amines) is 1. The predicted octanol–water partition coefficient (Wildman–Crippen LogP) is 4.60. The maximum absolute atomic E-state index is 13.8. The Morgan fingerprint density at radius 3 is 2.51 bits per heavy atom. The average Bonchev–Trinajstić information content (AvgIpc) is 3.51. The molecule has 306 valence electrons. The SMILES string of the molecule is [2H]C1([2H])N(CC2CCN(C/C=C/C(=O)Nc3cc4c(Nc5ccc(F)c(Cl)c5)ncnc4cc3OC)CC2)C([2H])([2H])C([2H])([2H])N(c2ccc3c(c2)C(=O)N(C2CCC(=O)NC2=O)C3=O)C1([2H])[2H]. The minimum Gasteiger partial charge on any atom is -0.494 e. The van der Waals surface area contributed by atoms with Gasteiger partial charge in [0.05, 0.1) is 39.9 Å². The van der Waals surface area contributed by atoms with Crippen molar-refractivity contribution in [2.75, 3.05) is 74.8 Å². The molecule has 59 heavy (non-hydrogen) atoms. The zero-order chi connectivity index (χ0) is 48.4. The van der Waals surface area contributed by atoms with Gasteiger partial charge in [-0.3, -0.25) is 44.0 Å². The van der Waals surface area contributed by atoms with Gasteiger partial charge in [-0.05, 0) is 80.7 Å². The van der Waals surface area contributed by atoms with Crippen molar-refractivity contribution in [3.63, 3.8) is 0 Å². The fourth-order valence-electron chi connectivity index (χ4n) is 7.35. The van der Waals surface area contributed by atoms with Gasteiger partial charge in [0.1, 0.15) is 29.8 Å². The molecule has 1 unspecified atom stereocenters. The number of aromatic nitrogens is 2. The van der Waals surface area contributed by atoms with Gasteiger partial charge in [0.15, 0.2) is 0 Å². The van der Waals surface area contributed by atoms with E-state index in [1.54, 1.807) is 18.2 Å². The van der Waals surface area contributed by atoms with Crippen molar-refractivity contribution in [3.05, 3.63) is 89.0 Å². The van der Waals surface area contributed by atoms with Crippen LogP contribution in [0.15, 0.2) is 67.0 Å². The molecule has 0 bridgehead atoms. The number of carbonyl (C=O) groups is 5. The van der Waals surface area contributed by atoms with E-state index in [2.05, 4.69) is 25.9 Å². The van der Waals surface area contributed by atoms with Crippen LogP contribution < -0.4 is 25.6 Å². The quantitative estimate of drug-likeness (QED) is 0.142. The molecule has 1 aromatic heterocycles. The van der Waals surface area contributed by atoms with Crippen LogP contribution in [0.25, 0.3) is 10.9 Å². The standard InChI is InChI=1S/C42H43ClFN9O6/c1-59-36-22-33-30(39(46-24-45-33)47-26-4-7-32(44)31(43)19-26)21-34(36)48-37(54)3-2-12-50-13-10-25(11-14-50)23-51-15-17-52(18-16-51)27-5-6-28-29(20-27)42(58)53(41(28)57)35-8-9-38(55)49-40(35)56/h2-7,19-22,24-25,35H,8-18,23H2,1H3,(H,48,54)(H,45,46,47)(H,49,55,56)/b3-2+/i15D2,16D2,17D2,18D2. The molecule has 0 saturated carbocycles. The first-order valence-electron chi connectivity index (χ1n) is 22.7. The molecule has 0 radical (unpaired) electrons. The van der Waals surface area contributed by atoms with Gasteiger partial charge in [-0.2, -0.15) is 0 Å². The number of nitrogens with one attached hydrogen (secondary N) is 3. The number of halogens is 2. The first-order chi connectivity index (χ1) is 31.6. The Balaban J connectivity index is 0.904. The number of piperazine rings is 1. The van der Waals surface area contributed by atoms with Gasteiger partial charge < -0.3 is 20.3 Å². The van der Waals surface area contributed by atoms with Gasteiger partial charge in [-0.15, -0.1) is 0 Å². The van der Waals surface area contributed by atoms with Crippen LogP contribution in [0.3, 0.4) is 0 Å². The zero-order valence-corrected chi connectivity index (χ0v) is 32.3. The van der Waals surface area contributed by atoms with E-state index in [1.165, 1.54) is 37.7 Å². The van der Waals surface area contributed by atoms with E-state index >= 15 is 0 Å². The van der Waals surface area contributed by atoms with Crippen LogP contribution in [0.2, 0.25) is 5.02 Å². The second-order valence-electron chi connectivity index (χ2n) is 14.3. The highest BCUT2D eigenvalue weighted by molar-refractivity contribution is 6.31. The molecule has 15 nitrogen and oxygen atoms in total. The molecular formula is C42H43ClFN9O6. The van der Waals surface area contributed by atoms with Crippen LogP contribution in [0.5, 0.6) is 5.75 Å². The Morgan fingerprint density at radius 2 is 1.76 bits per heavy atom. The minimum atomic E-state index is -3.25. The number of piperidine rings is 2. The molecule has 4 aliphatic rings. The summed E-state index contributed by atoms with van der Waals surface area (Å²) in [6.45, 7) is -11.9. The molecule has 3 saturated heterocycles. The lowest BCUT2D eigenvalue weighted by Gasteiger charge is -2.39. The summed E-state index contributed by atoms with van der Waals surface area (Å²) in [7, 11) is 1.44. The number of benzene rings is 3. The van der Waals surface area contributed by atoms with Gasteiger partial charge in [0, 0.05) is 79.9 Å². The van der Waals surface area contributed by atoms with Crippen LogP contribution in [0.4, 0.5) is 27.3 Å². The fourth-order valence-corrected chi connectivity index (χ4v) is 7.53. The summed E-state index contributed by atoms with van der Waals surface area (Å²) in [6, 6.07) is 9.30. The van der Waals surface area contributed by atoms with Crippen LogP contribution in [0, 0.1) is 11.7 Å². The molecule has 3 fully saturated rings. The third-order valence-corrected chi connectivity index (χ3v) is 10.7. The first kappa shape index (κ1) is 31.0. The van der Waals surface area contributed by atoms with Crippen LogP contribution in [-0.4, -0.2) is 120 Å². The summed E-state index contributed by atoms with van der Waals surface area (Å²) in [5.41, 5.74) is 0.401. The molecule has 0 spiro atoms. The van der Waals surface area contributed by atoms with Gasteiger partial charge in [-0.25, -0.2) is 14.4 Å². The maximum Gasteiger partial charge on any atom is 0.262 e. The second-order valence-corrected chi connectivity index (χ2v) is 14.7. The Labute approximate surface area is 355 Å². The summed E-state index contributed by atoms with van der Waals surface area (Å²) < 4.78 is 91.4. The molecule has 17 heteroatoms. The highest BCUT2D eigenvalue weighted by atomic mass is 35.5. The third kappa shape index (κ3) is 8.60. The van der Waals surface area contributed by atoms with Gasteiger partial charge in [0.2, 0.25) is 17.7 Å². The predicted molar refractivity (Wildman–Crippen MR) is 219 cm³/mol. The van der Waals surface area contributed by atoms with E-state index in [0.717, 1.165) is 18.2 Å². The largest absolute Gasteiger partial charge is 0.494 e. The number of imide groups is 2. The third-order valence-electron chi connectivity index (χ3n) is 10.5. The Bertz CT molecular complexity index is 2720. The topological polar surface area (TPSA) is 169 Å². The Morgan fingerprint density at radius 1 is 0.983 bits per heavy atom. The number of ether oxygens (including phenoxy) is 1. The van der Waals surface area contributed by atoms with E-state index < -0.39 is 73.1 Å². The highest BCUT2D eigenvalue weighted by Gasteiger charge is 2.45. The maximum atomic E-state index is 13.8. The molecule has 5 heterocycles. The Kier molecular flexibility index (Phi) is 8.99. The van der Waals surface area contributed by atoms with Crippen LogP contribution in [-0.2, 0) is 14.4 Å². The molecule has 3 aromatic carbocycles. The number of rotatable bonds is 11. The lowest BCUT2D eigenvalue weighted by atomic mass is 9.96. The number of hydrogen-bond donors (Lipinski definition) is 3. The lowest BCUT2D eigenvalue weighted by Crippen LogP contribution is -2.54. The molecule has 4 aliphatic heterocycles. The highest BCUT2D eigenvalue weighted by Crippen LogP contribution is 2.34. The van der Waals surface area contributed by atoms with Crippen molar-refractivity contribution in [2.45, 2.75) is 31.7 Å². The van der Waals surface area contributed by atoms with E-state index in [9.17, 15) is 28.4 Å². The summed E-state index contributed by atoms with van der Waals surface area (Å²) >= 11 is 5.95. The summed E-state index contributed by atoms with van der Waals surface area (Å²) in [6.07, 6.45) is 4.95. The summed E-state index contributed by atoms with van der Waals surface area (Å²) in [5.74, 6) is -3.94. The van der Waals surface area contributed by atoms with Crippen molar-refractivity contribution in [1.29, 1.82) is 0 Å². The number of carbonyl (C=O) groups excluding carboxylic acids is 5. The van der Waals surface area contributed by atoms with E-state index in [0.29, 0.717) is 81.0 Å².